The maximum atomic E-state index is 11.3. The molecule has 5 heteroatoms. The maximum absolute atomic E-state index is 11.3. The highest BCUT2D eigenvalue weighted by Crippen LogP contribution is 2.21. The number of rotatable bonds is 2. The molecule has 1 atom stereocenters. The first-order valence-corrected chi connectivity index (χ1v) is 4.15. The zero-order valence-corrected chi connectivity index (χ0v) is 7.66. The molecule has 5 nitrogen and oxygen atoms in total. The van der Waals surface area contributed by atoms with Crippen LogP contribution >= 0.6 is 0 Å². The van der Waals surface area contributed by atoms with E-state index in [0.717, 1.165) is 6.42 Å². The molecule has 0 saturated heterocycles. The van der Waals surface area contributed by atoms with Crippen LogP contribution in [0.15, 0.2) is 4.79 Å². The van der Waals surface area contributed by atoms with Crippen LogP contribution in [0, 0.1) is 0 Å². The third kappa shape index (κ3) is 1.80. The second kappa shape index (κ2) is 3.47. The van der Waals surface area contributed by atoms with E-state index in [4.69, 9.17) is 5.73 Å². The van der Waals surface area contributed by atoms with E-state index < -0.39 is 0 Å². The number of anilines is 1. The zero-order chi connectivity index (χ0) is 10.0. The fourth-order valence-electron chi connectivity index (χ4n) is 1.14. The van der Waals surface area contributed by atoms with Gasteiger partial charge < -0.3 is 10.8 Å². The largest absolute Gasteiger partial charge is 0.493 e. The normalized spacial score (nSPS) is 12.8. The lowest BCUT2D eigenvalue weighted by molar-refractivity contribution is 0.437. The number of nitrogens with zero attached hydrogens (tertiary/aromatic N) is 1. The SMILES string of the molecule is CC[C@@H](C)c1c(O)nc(N)[nH]c1=O. The summed E-state index contributed by atoms with van der Waals surface area (Å²) in [5, 5.41) is 9.36. The third-order valence-electron chi connectivity index (χ3n) is 2.06. The Balaban J connectivity index is 3.29. The van der Waals surface area contributed by atoms with Crippen LogP contribution in [0.2, 0.25) is 0 Å². The Kier molecular flexibility index (Phi) is 2.55. The van der Waals surface area contributed by atoms with Crippen molar-refractivity contribution in [2.24, 2.45) is 0 Å². The van der Waals surface area contributed by atoms with Gasteiger partial charge in [0.05, 0.1) is 5.56 Å². The predicted octanol–water partition coefficient (Wildman–Crippen LogP) is 0.571. The second-order valence-corrected chi connectivity index (χ2v) is 3.00. The lowest BCUT2D eigenvalue weighted by Crippen LogP contribution is -2.18. The molecule has 1 heterocycles. The second-order valence-electron chi connectivity index (χ2n) is 3.00. The van der Waals surface area contributed by atoms with Gasteiger partial charge in [0.2, 0.25) is 11.8 Å². The highest BCUT2D eigenvalue weighted by Gasteiger charge is 2.14. The quantitative estimate of drug-likeness (QED) is 0.625. The smallest absolute Gasteiger partial charge is 0.259 e. The number of hydrogen-bond acceptors (Lipinski definition) is 4. The summed E-state index contributed by atoms with van der Waals surface area (Å²) in [6, 6.07) is 0. The molecule has 0 spiro atoms. The number of nitrogens with one attached hydrogen (secondary N) is 1. The van der Waals surface area contributed by atoms with Crippen LogP contribution in [-0.2, 0) is 0 Å². The van der Waals surface area contributed by atoms with Crippen molar-refractivity contribution in [3.05, 3.63) is 15.9 Å². The van der Waals surface area contributed by atoms with Crippen molar-refractivity contribution in [1.29, 1.82) is 0 Å². The van der Waals surface area contributed by atoms with Crippen molar-refractivity contribution in [2.45, 2.75) is 26.2 Å². The van der Waals surface area contributed by atoms with Crippen LogP contribution in [0.25, 0.3) is 0 Å². The van der Waals surface area contributed by atoms with Gasteiger partial charge in [-0.2, -0.15) is 4.98 Å². The predicted molar refractivity (Wildman–Crippen MR) is 49.6 cm³/mol. The van der Waals surface area contributed by atoms with Gasteiger partial charge in [0.1, 0.15) is 0 Å². The summed E-state index contributed by atoms with van der Waals surface area (Å²) in [5.74, 6) is -0.345. The molecule has 1 aromatic heterocycles. The van der Waals surface area contributed by atoms with Crippen molar-refractivity contribution in [3.63, 3.8) is 0 Å². The van der Waals surface area contributed by atoms with Gasteiger partial charge in [0.15, 0.2) is 0 Å². The van der Waals surface area contributed by atoms with Crippen LogP contribution in [-0.4, -0.2) is 15.1 Å². The topological polar surface area (TPSA) is 92.0 Å². The summed E-state index contributed by atoms with van der Waals surface area (Å²) in [6.45, 7) is 3.78. The molecular weight excluding hydrogens is 170 g/mol. The average molecular weight is 183 g/mol. The maximum Gasteiger partial charge on any atom is 0.259 e. The Labute approximate surface area is 75.6 Å². The standard InChI is InChI=1S/C8H13N3O2/c1-3-4(2)5-6(12)10-8(9)11-7(5)13/h4H,3H2,1-2H3,(H4,9,10,11,12,13)/t4-/m1/s1. The molecule has 1 aromatic rings. The molecule has 0 saturated carbocycles. The number of nitrogens with two attached hydrogens (primary N) is 1. The minimum atomic E-state index is -0.362. The number of aromatic hydroxyl groups is 1. The minimum absolute atomic E-state index is 0.0168. The molecule has 0 radical (unpaired) electrons. The van der Waals surface area contributed by atoms with E-state index in [1.165, 1.54) is 0 Å². The third-order valence-corrected chi connectivity index (χ3v) is 2.06. The number of aromatic amines is 1. The summed E-state index contributed by atoms with van der Waals surface area (Å²) < 4.78 is 0. The molecule has 1 rings (SSSR count). The lowest BCUT2D eigenvalue weighted by Gasteiger charge is -2.08. The molecule has 0 aliphatic heterocycles. The Morgan fingerprint density at radius 2 is 2.31 bits per heavy atom. The molecule has 0 unspecified atom stereocenters. The van der Waals surface area contributed by atoms with E-state index in [0.29, 0.717) is 5.56 Å². The average Bonchev–Trinajstić information content (AvgIpc) is 2.02. The Bertz CT molecular complexity index is 359. The summed E-state index contributed by atoms with van der Waals surface area (Å²) in [7, 11) is 0. The van der Waals surface area contributed by atoms with Crippen LogP contribution in [0.1, 0.15) is 31.7 Å². The number of hydrogen-bond donors (Lipinski definition) is 3. The van der Waals surface area contributed by atoms with Crippen molar-refractivity contribution < 1.29 is 5.11 Å². The lowest BCUT2D eigenvalue weighted by atomic mass is 10.0. The van der Waals surface area contributed by atoms with Crippen molar-refractivity contribution in [3.8, 4) is 5.88 Å². The number of nitrogen functional groups attached to an aromatic ring is 1. The summed E-state index contributed by atoms with van der Waals surface area (Å²) in [4.78, 5) is 17.3. The fourth-order valence-corrected chi connectivity index (χ4v) is 1.14. The van der Waals surface area contributed by atoms with Gasteiger partial charge in [0, 0.05) is 0 Å². The van der Waals surface area contributed by atoms with Crippen LogP contribution < -0.4 is 11.3 Å². The molecule has 0 fully saturated rings. The van der Waals surface area contributed by atoms with E-state index >= 15 is 0 Å². The summed E-state index contributed by atoms with van der Waals surface area (Å²) in [6.07, 6.45) is 0.766. The first-order chi connectivity index (χ1) is 6.06. The van der Waals surface area contributed by atoms with E-state index in [9.17, 15) is 9.90 Å². The Hall–Kier alpha value is -1.52. The Morgan fingerprint density at radius 1 is 1.69 bits per heavy atom. The monoisotopic (exact) mass is 183 g/mol. The zero-order valence-electron chi connectivity index (χ0n) is 7.66. The van der Waals surface area contributed by atoms with Crippen LogP contribution in [0.4, 0.5) is 5.95 Å². The summed E-state index contributed by atoms with van der Waals surface area (Å²) >= 11 is 0. The molecule has 0 amide bonds. The first-order valence-electron chi connectivity index (χ1n) is 4.15. The molecule has 4 N–H and O–H groups in total. The van der Waals surface area contributed by atoms with Gasteiger partial charge in [-0.3, -0.25) is 9.78 Å². The van der Waals surface area contributed by atoms with E-state index in [1.807, 2.05) is 13.8 Å². The van der Waals surface area contributed by atoms with Crippen molar-refractivity contribution >= 4 is 5.95 Å². The number of H-pyrrole nitrogens is 1. The molecule has 0 aliphatic carbocycles. The Morgan fingerprint density at radius 3 is 2.77 bits per heavy atom. The van der Waals surface area contributed by atoms with Crippen LogP contribution in [0.5, 0.6) is 5.88 Å². The number of aromatic nitrogens is 2. The van der Waals surface area contributed by atoms with E-state index in [-0.39, 0.29) is 23.3 Å². The molecule has 0 bridgehead atoms. The van der Waals surface area contributed by atoms with E-state index in [1.54, 1.807) is 0 Å². The van der Waals surface area contributed by atoms with Gasteiger partial charge in [-0.1, -0.05) is 13.8 Å². The molecule has 13 heavy (non-hydrogen) atoms. The minimum Gasteiger partial charge on any atom is -0.493 e. The molecule has 0 aromatic carbocycles. The van der Waals surface area contributed by atoms with Gasteiger partial charge in [-0.05, 0) is 12.3 Å². The van der Waals surface area contributed by atoms with Gasteiger partial charge in [0.25, 0.3) is 5.56 Å². The van der Waals surface area contributed by atoms with Gasteiger partial charge >= 0.3 is 0 Å². The van der Waals surface area contributed by atoms with E-state index in [2.05, 4.69) is 9.97 Å². The van der Waals surface area contributed by atoms with Crippen molar-refractivity contribution in [1.82, 2.24) is 9.97 Å². The highest BCUT2D eigenvalue weighted by molar-refractivity contribution is 5.31. The fraction of sp³-hybridized carbons (Fsp3) is 0.500. The molecule has 0 aliphatic rings. The van der Waals surface area contributed by atoms with Crippen LogP contribution in [0.3, 0.4) is 0 Å². The van der Waals surface area contributed by atoms with Gasteiger partial charge in [-0.15, -0.1) is 0 Å². The van der Waals surface area contributed by atoms with Gasteiger partial charge in [-0.25, -0.2) is 0 Å². The molecule has 72 valence electrons. The van der Waals surface area contributed by atoms with Crippen molar-refractivity contribution in [2.75, 3.05) is 5.73 Å². The first kappa shape index (κ1) is 9.57. The highest BCUT2D eigenvalue weighted by atomic mass is 16.3. The molecular formula is C8H13N3O2. The summed E-state index contributed by atoms with van der Waals surface area (Å²) in [5.41, 5.74) is 5.18.